The quantitative estimate of drug-likeness (QED) is 0.453. The first-order valence-electron chi connectivity index (χ1n) is 5.09. The van der Waals surface area contributed by atoms with Crippen molar-refractivity contribution in [1.82, 2.24) is 9.97 Å². The number of fused-ring (bicyclic) bond motifs is 3. The molecule has 0 aromatic carbocycles. The van der Waals surface area contributed by atoms with Crippen LogP contribution in [-0.2, 0) is 12.8 Å². The number of nitrogens with one attached hydrogen (secondary N) is 2. The molecule has 0 radical (unpaired) electrons. The Morgan fingerprint density at radius 2 is 2.00 bits per heavy atom. The molecule has 0 spiro atoms. The van der Waals surface area contributed by atoms with Gasteiger partial charge in [-0.2, -0.15) is 4.98 Å². The summed E-state index contributed by atoms with van der Waals surface area (Å²) < 4.78 is 0. The summed E-state index contributed by atoms with van der Waals surface area (Å²) in [5, 5.41) is 1.05. The first-order valence-corrected chi connectivity index (χ1v) is 5.90. The van der Waals surface area contributed by atoms with Crippen molar-refractivity contribution in [2.45, 2.75) is 19.3 Å². The highest BCUT2D eigenvalue weighted by atomic mass is 32.1. The van der Waals surface area contributed by atoms with E-state index in [1.807, 2.05) is 0 Å². The van der Waals surface area contributed by atoms with Crippen LogP contribution >= 0.6 is 11.3 Å². The molecular weight excluding hydrogens is 224 g/mol. The first-order chi connectivity index (χ1) is 7.83. The fraction of sp³-hybridized carbons (Fsp3) is 0.333. The molecular formula is C9H12N6S. The normalized spacial score (nSPS) is 14.1. The second-order valence-corrected chi connectivity index (χ2v) is 4.81. The largest absolute Gasteiger partial charge is 0.308 e. The van der Waals surface area contributed by atoms with Gasteiger partial charge in [-0.25, -0.2) is 16.7 Å². The Hall–Kier alpha value is -1.44. The van der Waals surface area contributed by atoms with Crippen molar-refractivity contribution in [3.63, 3.8) is 0 Å². The van der Waals surface area contributed by atoms with E-state index in [0.29, 0.717) is 11.8 Å². The molecule has 1 aliphatic carbocycles. The lowest BCUT2D eigenvalue weighted by molar-refractivity contribution is 0.917. The molecule has 6 nitrogen and oxygen atoms in total. The molecule has 0 unspecified atom stereocenters. The summed E-state index contributed by atoms with van der Waals surface area (Å²) in [6, 6.07) is 0. The summed E-state index contributed by atoms with van der Waals surface area (Å²) in [5.74, 6) is 11.8. The van der Waals surface area contributed by atoms with Gasteiger partial charge in [-0.1, -0.05) is 0 Å². The highest BCUT2D eigenvalue weighted by Crippen LogP contribution is 2.39. The highest BCUT2D eigenvalue weighted by molar-refractivity contribution is 7.19. The second kappa shape index (κ2) is 3.55. The van der Waals surface area contributed by atoms with Gasteiger partial charge in [0.25, 0.3) is 0 Å². The lowest BCUT2D eigenvalue weighted by Crippen LogP contribution is -2.14. The van der Waals surface area contributed by atoms with Crippen LogP contribution in [0.2, 0.25) is 0 Å². The molecule has 6 N–H and O–H groups in total. The van der Waals surface area contributed by atoms with Crippen molar-refractivity contribution < 1.29 is 0 Å². The van der Waals surface area contributed by atoms with Gasteiger partial charge >= 0.3 is 0 Å². The van der Waals surface area contributed by atoms with Gasteiger partial charge in [0.15, 0.2) is 5.82 Å². The fourth-order valence-corrected chi connectivity index (χ4v) is 3.43. The van der Waals surface area contributed by atoms with Crippen molar-refractivity contribution in [1.29, 1.82) is 0 Å². The number of hydrazine groups is 2. The van der Waals surface area contributed by atoms with Crippen molar-refractivity contribution in [3.05, 3.63) is 10.4 Å². The Kier molecular flexibility index (Phi) is 2.16. The summed E-state index contributed by atoms with van der Waals surface area (Å²) in [5.41, 5.74) is 6.41. The van der Waals surface area contributed by atoms with E-state index in [9.17, 15) is 0 Å². The number of nitrogens with two attached hydrogens (primary N) is 2. The number of anilines is 2. The maximum atomic E-state index is 5.49. The maximum absolute atomic E-state index is 5.49. The van der Waals surface area contributed by atoms with E-state index >= 15 is 0 Å². The predicted molar refractivity (Wildman–Crippen MR) is 65.1 cm³/mol. The molecule has 84 valence electrons. The number of aromatic nitrogens is 2. The summed E-state index contributed by atoms with van der Waals surface area (Å²) in [7, 11) is 0. The van der Waals surface area contributed by atoms with Crippen molar-refractivity contribution in [2.24, 2.45) is 11.7 Å². The van der Waals surface area contributed by atoms with E-state index in [1.54, 1.807) is 11.3 Å². The number of rotatable bonds is 2. The SMILES string of the molecule is NNc1nc(NN)c2c3c(sc2n1)CCC3. The average molecular weight is 236 g/mol. The minimum atomic E-state index is 0.389. The molecule has 0 aliphatic heterocycles. The molecule has 1 aliphatic rings. The maximum Gasteiger partial charge on any atom is 0.240 e. The number of hydrogen-bond donors (Lipinski definition) is 4. The molecule has 0 atom stereocenters. The number of thiophene rings is 1. The van der Waals surface area contributed by atoms with Gasteiger partial charge in [0, 0.05) is 4.88 Å². The van der Waals surface area contributed by atoms with Crippen LogP contribution < -0.4 is 22.5 Å². The topological polar surface area (TPSA) is 102 Å². The van der Waals surface area contributed by atoms with Crippen LogP contribution in [0.4, 0.5) is 11.8 Å². The van der Waals surface area contributed by atoms with Gasteiger partial charge in [0.05, 0.1) is 5.39 Å². The monoisotopic (exact) mass is 236 g/mol. The Balaban J connectivity index is 2.32. The van der Waals surface area contributed by atoms with Crippen molar-refractivity contribution in [3.8, 4) is 0 Å². The molecule has 0 amide bonds. The van der Waals surface area contributed by atoms with Crippen molar-refractivity contribution >= 4 is 33.3 Å². The second-order valence-electron chi connectivity index (χ2n) is 3.72. The van der Waals surface area contributed by atoms with E-state index in [1.165, 1.54) is 16.9 Å². The van der Waals surface area contributed by atoms with Gasteiger partial charge in [0.2, 0.25) is 5.95 Å². The van der Waals surface area contributed by atoms with E-state index in [0.717, 1.165) is 23.1 Å². The van der Waals surface area contributed by atoms with Crippen LogP contribution in [-0.4, -0.2) is 9.97 Å². The van der Waals surface area contributed by atoms with Crippen LogP contribution in [0.5, 0.6) is 0 Å². The number of nitrogens with zero attached hydrogens (tertiary/aromatic N) is 2. The third-order valence-corrected chi connectivity index (χ3v) is 4.02. The zero-order chi connectivity index (χ0) is 11.1. The molecule has 2 aromatic rings. The van der Waals surface area contributed by atoms with Crippen molar-refractivity contribution in [2.75, 3.05) is 10.9 Å². The van der Waals surface area contributed by atoms with Gasteiger partial charge < -0.3 is 5.43 Å². The minimum absolute atomic E-state index is 0.389. The van der Waals surface area contributed by atoms with Crippen LogP contribution in [0.25, 0.3) is 10.2 Å². The minimum Gasteiger partial charge on any atom is -0.308 e. The van der Waals surface area contributed by atoms with Gasteiger partial charge in [0.1, 0.15) is 4.83 Å². The van der Waals surface area contributed by atoms with Crippen LogP contribution in [0.3, 0.4) is 0 Å². The molecule has 2 heterocycles. The molecule has 7 heteroatoms. The molecule has 3 rings (SSSR count). The summed E-state index contributed by atoms with van der Waals surface area (Å²) in [6.07, 6.45) is 3.42. The molecule has 0 saturated heterocycles. The lowest BCUT2D eigenvalue weighted by atomic mass is 10.2. The molecule has 16 heavy (non-hydrogen) atoms. The molecule has 2 aromatic heterocycles. The van der Waals surface area contributed by atoms with Crippen LogP contribution in [0.15, 0.2) is 0 Å². The van der Waals surface area contributed by atoms with Gasteiger partial charge in [-0.15, -0.1) is 11.3 Å². The Labute approximate surface area is 96.0 Å². The number of aryl methyl sites for hydroxylation is 2. The smallest absolute Gasteiger partial charge is 0.240 e. The average Bonchev–Trinajstić information content (AvgIpc) is 2.86. The summed E-state index contributed by atoms with van der Waals surface area (Å²) in [6.45, 7) is 0. The zero-order valence-electron chi connectivity index (χ0n) is 8.58. The zero-order valence-corrected chi connectivity index (χ0v) is 9.40. The lowest BCUT2D eigenvalue weighted by Gasteiger charge is -2.05. The Bertz CT molecular complexity index is 548. The molecule has 0 bridgehead atoms. The molecule has 0 saturated carbocycles. The summed E-state index contributed by atoms with van der Waals surface area (Å²) in [4.78, 5) is 10.9. The van der Waals surface area contributed by atoms with Gasteiger partial charge in [-0.3, -0.25) is 5.43 Å². The summed E-state index contributed by atoms with van der Waals surface area (Å²) >= 11 is 1.70. The van der Waals surface area contributed by atoms with Gasteiger partial charge in [-0.05, 0) is 24.8 Å². The Morgan fingerprint density at radius 1 is 1.12 bits per heavy atom. The predicted octanol–water partition coefficient (Wildman–Crippen LogP) is 0.751. The number of nitrogen functional groups attached to an aromatic ring is 2. The first kappa shape index (κ1) is 9.76. The van der Waals surface area contributed by atoms with Crippen LogP contribution in [0, 0.1) is 0 Å². The third kappa shape index (κ3) is 1.26. The standard InChI is InChI=1S/C9H12N6S/c10-14-7-6-4-2-1-3-5(4)16-8(6)13-9(12-7)15-11/h1-3,10-11H2,(H2,12,13,14,15). The number of hydrogen-bond acceptors (Lipinski definition) is 7. The van der Waals surface area contributed by atoms with E-state index < -0.39 is 0 Å². The fourth-order valence-electron chi connectivity index (χ4n) is 2.16. The Morgan fingerprint density at radius 3 is 2.75 bits per heavy atom. The van der Waals surface area contributed by atoms with Crippen LogP contribution in [0.1, 0.15) is 16.9 Å². The molecule has 0 fully saturated rings. The van der Waals surface area contributed by atoms with E-state index in [4.69, 9.17) is 11.7 Å². The highest BCUT2D eigenvalue weighted by Gasteiger charge is 2.21. The van der Waals surface area contributed by atoms with E-state index in [-0.39, 0.29) is 0 Å². The third-order valence-electron chi connectivity index (χ3n) is 2.83. The van der Waals surface area contributed by atoms with E-state index in [2.05, 4.69) is 20.8 Å².